The fourth-order valence-corrected chi connectivity index (χ4v) is 4.54. The molecule has 3 aromatic rings. The molecule has 0 aliphatic rings. The molecule has 0 unspecified atom stereocenters. The van der Waals surface area contributed by atoms with Gasteiger partial charge in [-0.2, -0.15) is 39.5 Å². The van der Waals surface area contributed by atoms with E-state index in [0.717, 1.165) is 10.8 Å². The van der Waals surface area contributed by atoms with Gasteiger partial charge in [-0.05, 0) is 42.8 Å². The lowest BCUT2D eigenvalue weighted by Crippen LogP contribution is -2.34. The molecule has 1 heterocycles. The van der Waals surface area contributed by atoms with Gasteiger partial charge in [0.25, 0.3) is 15.9 Å². The minimum atomic E-state index is -5.83. The van der Waals surface area contributed by atoms with Gasteiger partial charge in [0, 0.05) is 0 Å². The van der Waals surface area contributed by atoms with E-state index in [9.17, 15) is 52.7 Å². The van der Waals surface area contributed by atoms with Gasteiger partial charge in [0.05, 0.1) is 21.8 Å². The van der Waals surface area contributed by atoms with Crippen LogP contribution in [0.15, 0.2) is 41.3 Å². The molecule has 37 heavy (non-hydrogen) atoms. The van der Waals surface area contributed by atoms with E-state index in [1.165, 1.54) is 12.1 Å². The van der Waals surface area contributed by atoms with Crippen molar-refractivity contribution in [3.63, 3.8) is 0 Å². The Labute approximate surface area is 205 Å². The molecule has 3 rings (SSSR count). The first-order chi connectivity index (χ1) is 16.7. The van der Waals surface area contributed by atoms with Crippen LogP contribution >= 0.6 is 11.6 Å². The van der Waals surface area contributed by atoms with Crippen molar-refractivity contribution in [2.24, 2.45) is 0 Å². The Morgan fingerprint density at radius 1 is 0.919 bits per heavy atom. The quantitative estimate of drug-likeness (QED) is 0.417. The summed E-state index contributed by atoms with van der Waals surface area (Å²) >= 11 is 5.92. The van der Waals surface area contributed by atoms with Crippen LogP contribution < -0.4 is 4.72 Å². The molecule has 0 saturated heterocycles. The maximum absolute atomic E-state index is 13.8. The number of rotatable bonds is 4. The summed E-state index contributed by atoms with van der Waals surface area (Å²) in [6.45, 7) is 1.55. The van der Waals surface area contributed by atoms with Gasteiger partial charge in [-0.15, -0.1) is 5.10 Å². The smallest absolute Gasteiger partial charge is 0.266 e. The van der Waals surface area contributed by atoms with Crippen molar-refractivity contribution >= 4 is 27.5 Å². The molecule has 0 aliphatic carbocycles. The van der Waals surface area contributed by atoms with E-state index in [1.54, 1.807) is 6.92 Å². The lowest BCUT2D eigenvalue weighted by Gasteiger charge is -2.16. The highest BCUT2D eigenvalue weighted by atomic mass is 35.5. The van der Waals surface area contributed by atoms with Crippen LogP contribution in [0.3, 0.4) is 0 Å². The van der Waals surface area contributed by atoms with Gasteiger partial charge >= 0.3 is 18.5 Å². The second-order valence-corrected chi connectivity index (χ2v) is 9.35. The highest BCUT2D eigenvalue weighted by Gasteiger charge is 2.44. The minimum Gasteiger partial charge on any atom is -0.266 e. The maximum Gasteiger partial charge on any atom is 0.435 e. The molecule has 7 nitrogen and oxygen atoms in total. The summed E-state index contributed by atoms with van der Waals surface area (Å²) in [5, 5.41) is 5.85. The number of halogens is 10. The van der Waals surface area contributed by atoms with Crippen LogP contribution in [0.4, 0.5) is 39.5 Å². The van der Waals surface area contributed by atoms with Gasteiger partial charge in [-0.25, -0.2) is 17.8 Å². The number of nitrogens with one attached hydrogen (secondary N) is 1. The Morgan fingerprint density at radius 2 is 1.54 bits per heavy atom. The Balaban J connectivity index is 2.14. The Hall–Kier alpha value is -3.34. The second kappa shape index (κ2) is 9.20. The number of aromatic nitrogens is 3. The van der Waals surface area contributed by atoms with Gasteiger partial charge < -0.3 is 0 Å². The topological polar surface area (TPSA) is 93.9 Å². The first-order valence-electron chi connectivity index (χ1n) is 9.38. The number of nitrogens with zero attached hydrogens (tertiary/aromatic N) is 3. The summed E-state index contributed by atoms with van der Waals surface area (Å²) in [7, 11) is -5.83. The number of hydrogen-bond acceptors (Lipinski definition) is 5. The van der Waals surface area contributed by atoms with E-state index in [-0.39, 0.29) is 21.8 Å². The molecule has 0 fully saturated rings. The van der Waals surface area contributed by atoms with Gasteiger partial charge in [-0.3, -0.25) is 4.79 Å². The molecule has 0 spiro atoms. The summed E-state index contributed by atoms with van der Waals surface area (Å²) < 4.78 is 146. The van der Waals surface area contributed by atoms with Crippen molar-refractivity contribution in [1.29, 1.82) is 0 Å². The number of carbonyl (C=O) groups excluding carboxylic acids is 1. The largest absolute Gasteiger partial charge is 0.435 e. The molecule has 0 bridgehead atoms. The molecule has 200 valence electrons. The van der Waals surface area contributed by atoms with Crippen molar-refractivity contribution in [2.45, 2.75) is 30.3 Å². The first-order valence-corrected chi connectivity index (χ1v) is 11.2. The van der Waals surface area contributed by atoms with Crippen molar-refractivity contribution in [3.8, 4) is 5.69 Å². The maximum atomic E-state index is 13.8. The summed E-state index contributed by atoms with van der Waals surface area (Å²) in [6, 6.07) is 2.96. The van der Waals surface area contributed by atoms with E-state index < -0.39 is 73.6 Å². The third kappa shape index (κ3) is 5.82. The predicted octanol–water partition coefficient (Wildman–Crippen LogP) is 5.40. The number of aryl methyl sites for hydroxylation is 1. The van der Waals surface area contributed by atoms with Crippen LogP contribution in [0, 0.1) is 6.92 Å². The molecule has 0 radical (unpaired) electrons. The number of benzene rings is 2. The van der Waals surface area contributed by atoms with Crippen molar-refractivity contribution in [3.05, 3.63) is 69.5 Å². The van der Waals surface area contributed by atoms with Gasteiger partial charge in [0.2, 0.25) is 0 Å². The van der Waals surface area contributed by atoms with E-state index >= 15 is 0 Å². The van der Waals surface area contributed by atoms with Gasteiger partial charge in [-0.1, -0.05) is 22.9 Å². The molecule has 1 N–H and O–H groups in total. The SMILES string of the molecule is Cc1ccc(-n2nnc(C(=O)NS(=O)(=O)c3cc(C(F)(F)F)ccc3C(F)(F)F)c2C(F)(F)F)c(Cl)c1. The van der Waals surface area contributed by atoms with Crippen LogP contribution in [0.1, 0.15) is 32.9 Å². The van der Waals surface area contributed by atoms with Crippen molar-refractivity contribution < 1.29 is 52.7 Å². The zero-order valence-electron chi connectivity index (χ0n) is 17.7. The standard InChI is InChI=1S/C19H10ClF9N4O3S/c1-8-2-5-12(11(20)6-8)33-15(19(27,28)29)14(30-32-33)16(34)31-37(35,36)13-7-9(17(21,22)23)3-4-10(13)18(24,25)26/h2-7H,1H3,(H,31,34). The average molecular weight is 581 g/mol. The van der Waals surface area contributed by atoms with E-state index in [0.29, 0.717) is 5.56 Å². The van der Waals surface area contributed by atoms with Crippen molar-refractivity contribution in [1.82, 2.24) is 19.7 Å². The molecule has 0 saturated carbocycles. The number of amides is 1. The van der Waals surface area contributed by atoms with Crippen LogP contribution in [-0.4, -0.2) is 29.3 Å². The Bertz CT molecular complexity index is 1480. The minimum absolute atomic E-state index is 0.0503. The van der Waals surface area contributed by atoms with Crippen LogP contribution in [0.5, 0.6) is 0 Å². The van der Waals surface area contributed by atoms with E-state index in [4.69, 9.17) is 11.6 Å². The van der Waals surface area contributed by atoms with Crippen molar-refractivity contribution in [2.75, 3.05) is 0 Å². The predicted molar refractivity (Wildman–Crippen MR) is 107 cm³/mol. The summed E-state index contributed by atoms with van der Waals surface area (Å²) in [5.41, 5.74) is -7.50. The number of carbonyl (C=O) groups is 1. The van der Waals surface area contributed by atoms with E-state index in [2.05, 4.69) is 10.3 Å². The number of hydrogen-bond donors (Lipinski definition) is 1. The molecule has 1 aromatic heterocycles. The van der Waals surface area contributed by atoms with E-state index in [1.807, 2.05) is 0 Å². The lowest BCUT2D eigenvalue weighted by atomic mass is 10.1. The third-order valence-corrected chi connectivity index (χ3v) is 6.29. The van der Waals surface area contributed by atoms with Gasteiger partial charge in [0.1, 0.15) is 4.90 Å². The van der Waals surface area contributed by atoms with Crippen LogP contribution in [0.25, 0.3) is 5.69 Å². The monoisotopic (exact) mass is 580 g/mol. The summed E-state index contributed by atoms with van der Waals surface area (Å²) in [5.74, 6) is -2.22. The number of alkyl halides is 9. The molecule has 18 heteroatoms. The summed E-state index contributed by atoms with van der Waals surface area (Å²) in [4.78, 5) is 10.4. The highest BCUT2D eigenvalue weighted by molar-refractivity contribution is 7.90. The Kier molecular flexibility index (Phi) is 7.02. The van der Waals surface area contributed by atoms with Gasteiger partial charge in [0.15, 0.2) is 11.4 Å². The molecule has 0 atom stereocenters. The average Bonchev–Trinajstić information content (AvgIpc) is 3.17. The molecule has 2 aromatic carbocycles. The fraction of sp³-hybridized carbons (Fsp3) is 0.211. The highest BCUT2D eigenvalue weighted by Crippen LogP contribution is 2.39. The normalized spacial score (nSPS) is 13.1. The fourth-order valence-electron chi connectivity index (χ4n) is 3.02. The number of sulfonamides is 1. The van der Waals surface area contributed by atoms with Crippen LogP contribution in [-0.2, 0) is 28.6 Å². The Morgan fingerprint density at radius 3 is 2.05 bits per heavy atom. The second-order valence-electron chi connectivity index (χ2n) is 7.29. The zero-order chi connectivity index (χ0) is 28.1. The molecule has 0 aliphatic heterocycles. The first kappa shape index (κ1) is 28.2. The van der Waals surface area contributed by atoms with Crippen LogP contribution in [0.2, 0.25) is 5.02 Å². The summed E-state index contributed by atoms with van der Waals surface area (Å²) in [6.07, 6.45) is -16.2. The molecular weight excluding hydrogens is 571 g/mol. The lowest BCUT2D eigenvalue weighted by molar-refractivity contribution is -0.143. The molecular formula is C19H10ClF9N4O3S. The third-order valence-electron chi connectivity index (χ3n) is 4.62. The zero-order valence-corrected chi connectivity index (χ0v) is 19.3. The molecule has 1 amide bonds.